The van der Waals surface area contributed by atoms with Crippen LogP contribution >= 0.6 is 11.8 Å². The van der Waals surface area contributed by atoms with Crippen LogP contribution < -0.4 is 10.6 Å². The Balaban J connectivity index is 1.55. The first-order valence-electron chi connectivity index (χ1n) is 11.4. The lowest BCUT2D eigenvalue weighted by molar-refractivity contribution is 0.0967. The van der Waals surface area contributed by atoms with Crippen LogP contribution in [0.4, 0.5) is 4.79 Å². The van der Waals surface area contributed by atoms with Crippen LogP contribution in [0.1, 0.15) is 67.8 Å². The average molecular weight is 425 g/mol. The van der Waals surface area contributed by atoms with Crippen molar-refractivity contribution in [2.24, 2.45) is 5.92 Å². The van der Waals surface area contributed by atoms with Gasteiger partial charge in [-0.3, -0.25) is 4.79 Å². The number of Topliss-reactive ketones (excluding diaryl/α,β-unsaturated/α-hetero) is 1. The Morgan fingerprint density at radius 1 is 1.00 bits per heavy atom. The maximum atomic E-state index is 12.7. The Labute approximate surface area is 183 Å². The maximum Gasteiger partial charge on any atom is 0.314 e. The topological polar surface area (TPSA) is 58.2 Å². The maximum absolute atomic E-state index is 12.7. The number of urea groups is 1. The van der Waals surface area contributed by atoms with Crippen molar-refractivity contribution in [1.82, 2.24) is 10.6 Å². The zero-order valence-electron chi connectivity index (χ0n) is 17.8. The van der Waals surface area contributed by atoms with Gasteiger partial charge < -0.3 is 10.6 Å². The molecule has 30 heavy (non-hydrogen) atoms. The molecule has 0 atom stereocenters. The molecule has 0 heterocycles. The number of rotatable bonds is 9. The SMILES string of the molecule is CCCNC(=O)NCCc1cc(C(=O)C2CC2)cc2ccc(SC3CCCC3)cc12. The number of ketones is 1. The van der Waals surface area contributed by atoms with E-state index < -0.39 is 0 Å². The molecule has 2 aromatic rings. The normalized spacial score (nSPS) is 16.7. The molecule has 2 aliphatic carbocycles. The molecule has 0 aromatic heterocycles. The molecule has 2 aromatic carbocycles. The molecule has 2 N–H and O–H groups in total. The first-order valence-corrected chi connectivity index (χ1v) is 12.3. The fourth-order valence-corrected chi connectivity index (χ4v) is 5.51. The van der Waals surface area contributed by atoms with E-state index in [1.54, 1.807) is 0 Å². The van der Waals surface area contributed by atoms with Gasteiger partial charge in [0, 0.05) is 34.7 Å². The molecule has 5 heteroatoms. The second-order valence-electron chi connectivity index (χ2n) is 8.61. The molecule has 2 aliphatic rings. The van der Waals surface area contributed by atoms with Gasteiger partial charge in [0.2, 0.25) is 0 Å². The molecule has 160 valence electrons. The van der Waals surface area contributed by atoms with E-state index in [-0.39, 0.29) is 17.7 Å². The van der Waals surface area contributed by atoms with E-state index in [1.807, 2.05) is 18.7 Å². The van der Waals surface area contributed by atoms with E-state index in [4.69, 9.17) is 0 Å². The Morgan fingerprint density at radius 3 is 2.50 bits per heavy atom. The summed E-state index contributed by atoms with van der Waals surface area (Å²) in [5.74, 6) is 0.488. The summed E-state index contributed by atoms with van der Waals surface area (Å²) in [4.78, 5) is 25.9. The molecule has 4 rings (SSSR count). The fraction of sp³-hybridized carbons (Fsp3) is 0.520. The van der Waals surface area contributed by atoms with Gasteiger partial charge in [0.05, 0.1) is 0 Å². The van der Waals surface area contributed by atoms with Gasteiger partial charge in [-0.25, -0.2) is 4.79 Å². The number of thioether (sulfide) groups is 1. The number of carbonyl (C=O) groups is 2. The minimum atomic E-state index is -0.121. The third-order valence-electron chi connectivity index (χ3n) is 6.06. The Bertz CT molecular complexity index is 917. The number of hydrogen-bond acceptors (Lipinski definition) is 3. The van der Waals surface area contributed by atoms with Gasteiger partial charge in [-0.1, -0.05) is 25.8 Å². The Hall–Kier alpha value is -2.01. The van der Waals surface area contributed by atoms with E-state index in [1.165, 1.54) is 36.0 Å². The summed E-state index contributed by atoms with van der Waals surface area (Å²) in [6.07, 6.45) is 8.97. The Morgan fingerprint density at radius 2 is 1.77 bits per heavy atom. The van der Waals surface area contributed by atoms with Crippen LogP contribution in [0.2, 0.25) is 0 Å². The lowest BCUT2D eigenvalue weighted by Crippen LogP contribution is -2.36. The highest BCUT2D eigenvalue weighted by Crippen LogP contribution is 2.38. The monoisotopic (exact) mass is 424 g/mol. The van der Waals surface area contributed by atoms with Gasteiger partial charge in [0.1, 0.15) is 0 Å². The molecule has 0 spiro atoms. The third kappa shape index (κ3) is 5.37. The number of benzene rings is 2. The molecule has 0 saturated heterocycles. The summed E-state index contributed by atoms with van der Waals surface area (Å²) in [7, 11) is 0. The van der Waals surface area contributed by atoms with Crippen LogP contribution in [-0.2, 0) is 6.42 Å². The molecule has 2 saturated carbocycles. The predicted octanol–water partition coefficient (Wildman–Crippen LogP) is 5.72. The first-order chi connectivity index (χ1) is 14.6. The van der Waals surface area contributed by atoms with Gasteiger partial charge in [-0.15, -0.1) is 11.8 Å². The van der Waals surface area contributed by atoms with Crippen molar-refractivity contribution < 1.29 is 9.59 Å². The van der Waals surface area contributed by atoms with Crippen LogP contribution in [0.15, 0.2) is 35.2 Å². The standard InChI is InChI=1S/C25H32N2O2S/c1-2-12-26-25(29)27-13-11-19-15-20(24(28)17-7-8-17)14-18-9-10-22(16-23(18)19)30-21-5-3-4-6-21/h9-10,14-17,21H,2-8,11-13H2,1H3,(H2,26,27,29). The first kappa shape index (κ1) is 21.2. The molecular weight excluding hydrogens is 392 g/mol. The van der Waals surface area contributed by atoms with E-state index in [0.29, 0.717) is 13.1 Å². The van der Waals surface area contributed by atoms with Gasteiger partial charge in [0.15, 0.2) is 5.78 Å². The number of nitrogens with one attached hydrogen (secondary N) is 2. The molecule has 0 bridgehead atoms. The second kappa shape index (κ2) is 9.86. The van der Waals surface area contributed by atoms with E-state index >= 15 is 0 Å². The van der Waals surface area contributed by atoms with Crippen molar-refractivity contribution in [2.45, 2.75) is 68.4 Å². The predicted molar refractivity (Wildman–Crippen MR) is 125 cm³/mol. The van der Waals surface area contributed by atoms with E-state index in [9.17, 15) is 9.59 Å². The molecule has 2 amide bonds. The lowest BCUT2D eigenvalue weighted by Gasteiger charge is -2.14. The highest BCUT2D eigenvalue weighted by Gasteiger charge is 2.30. The van der Waals surface area contributed by atoms with Crippen molar-refractivity contribution in [3.63, 3.8) is 0 Å². The van der Waals surface area contributed by atoms with Crippen LogP contribution in [-0.4, -0.2) is 30.2 Å². The fourth-order valence-electron chi connectivity index (χ4n) is 4.23. The van der Waals surface area contributed by atoms with Crippen LogP contribution in [0, 0.1) is 5.92 Å². The summed E-state index contributed by atoms with van der Waals surface area (Å²) in [6, 6.07) is 10.7. The molecular formula is C25H32N2O2S. The largest absolute Gasteiger partial charge is 0.338 e. The number of amides is 2. The second-order valence-corrected chi connectivity index (χ2v) is 9.99. The van der Waals surface area contributed by atoms with Crippen LogP contribution in [0.5, 0.6) is 0 Å². The van der Waals surface area contributed by atoms with Crippen molar-refractivity contribution in [3.8, 4) is 0 Å². The molecule has 2 fully saturated rings. The smallest absolute Gasteiger partial charge is 0.314 e. The molecule has 4 nitrogen and oxygen atoms in total. The third-order valence-corrected chi connectivity index (χ3v) is 7.40. The van der Waals surface area contributed by atoms with Crippen molar-refractivity contribution in [3.05, 3.63) is 41.5 Å². The van der Waals surface area contributed by atoms with E-state index in [2.05, 4.69) is 41.0 Å². The van der Waals surface area contributed by atoms with Gasteiger partial charge in [-0.2, -0.15) is 0 Å². The van der Waals surface area contributed by atoms with Crippen molar-refractivity contribution in [2.75, 3.05) is 13.1 Å². The van der Waals surface area contributed by atoms with Crippen LogP contribution in [0.25, 0.3) is 10.8 Å². The van der Waals surface area contributed by atoms with E-state index in [0.717, 1.165) is 47.4 Å². The van der Waals surface area contributed by atoms with Gasteiger partial charge >= 0.3 is 6.03 Å². The molecule has 0 unspecified atom stereocenters. The Kier molecular flexibility index (Phi) is 6.98. The van der Waals surface area contributed by atoms with Crippen molar-refractivity contribution in [1.29, 1.82) is 0 Å². The molecule has 0 aliphatic heterocycles. The van der Waals surface area contributed by atoms with Crippen molar-refractivity contribution >= 4 is 34.3 Å². The van der Waals surface area contributed by atoms with Gasteiger partial charge in [-0.05, 0) is 79.1 Å². The summed E-state index contributed by atoms with van der Waals surface area (Å²) in [6.45, 7) is 3.28. The minimum Gasteiger partial charge on any atom is -0.338 e. The zero-order chi connectivity index (χ0) is 20.9. The average Bonchev–Trinajstić information content (AvgIpc) is 3.48. The quantitative estimate of drug-likeness (QED) is 0.506. The number of fused-ring (bicyclic) bond motifs is 1. The summed E-state index contributed by atoms with van der Waals surface area (Å²) >= 11 is 1.99. The zero-order valence-corrected chi connectivity index (χ0v) is 18.7. The van der Waals surface area contributed by atoms with Crippen LogP contribution in [0.3, 0.4) is 0 Å². The summed E-state index contributed by atoms with van der Waals surface area (Å²) in [5, 5.41) is 8.86. The number of carbonyl (C=O) groups excluding carboxylic acids is 2. The molecule has 0 radical (unpaired) electrons. The summed E-state index contributed by atoms with van der Waals surface area (Å²) in [5.41, 5.74) is 1.98. The highest BCUT2D eigenvalue weighted by molar-refractivity contribution is 8.00. The number of hydrogen-bond donors (Lipinski definition) is 2. The summed E-state index contributed by atoms with van der Waals surface area (Å²) < 4.78 is 0. The minimum absolute atomic E-state index is 0.121. The highest BCUT2D eigenvalue weighted by atomic mass is 32.2. The van der Waals surface area contributed by atoms with Gasteiger partial charge in [0.25, 0.3) is 0 Å². The lowest BCUT2D eigenvalue weighted by atomic mass is 9.96.